The molecule has 4 heteroatoms. The molecule has 0 fully saturated rings. The number of Topliss-reactive ketones (excluding diaryl/α,β-unsaturated/α-hetero) is 1. The van der Waals surface area contributed by atoms with Gasteiger partial charge in [-0.25, -0.2) is 4.98 Å². The molecular weight excluding hydrogens is 328 g/mol. The van der Waals surface area contributed by atoms with Gasteiger partial charge in [-0.05, 0) is 36.2 Å². The topological polar surface area (TPSA) is 34.9 Å². The van der Waals surface area contributed by atoms with Gasteiger partial charge >= 0.3 is 0 Å². The Balaban J connectivity index is 1.62. The molecule has 0 bridgehead atoms. The summed E-state index contributed by atoms with van der Waals surface area (Å²) in [5.74, 6) is 0.223. The minimum absolute atomic E-state index is 0.223. The van der Waals surface area contributed by atoms with Crippen molar-refractivity contribution in [1.29, 1.82) is 0 Å². The Hall–Kier alpha value is -1.94. The van der Waals surface area contributed by atoms with Crippen molar-refractivity contribution in [1.82, 2.24) is 9.55 Å². The molecule has 1 heterocycles. The first kappa shape index (κ1) is 14.0. The van der Waals surface area contributed by atoms with Crippen LogP contribution >= 0.6 is 15.9 Å². The number of benzene rings is 2. The third-order valence-corrected chi connectivity index (χ3v) is 4.01. The van der Waals surface area contributed by atoms with E-state index in [0.29, 0.717) is 13.0 Å². The van der Waals surface area contributed by atoms with E-state index in [1.54, 1.807) is 6.33 Å². The largest absolute Gasteiger partial charge is 0.323 e. The number of halogens is 1. The fourth-order valence-corrected chi connectivity index (χ4v) is 2.60. The van der Waals surface area contributed by atoms with Gasteiger partial charge in [0.25, 0.3) is 0 Å². The van der Waals surface area contributed by atoms with Crippen molar-refractivity contribution in [2.45, 2.75) is 19.4 Å². The molecule has 0 saturated carbocycles. The summed E-state index contributed by atoms with van der Waals surface area (Å²) in [7, 11) is 0. The minimum atomic E-state index is 0.223. The van der Waals surface area contributed by atoms with E-state index in [9.17, 15) is 4.79 Å². The van der Waals surface area contributed by atoms with Gasteiger partial charge in [-0.1, -0.05) is 40.2 Å². The quantitative estimate of drug-likeness (QED) is 0.702. The van der Waals surface area contributed by atoms with E-state index >= 15 is 0 Å². The van der Waals surface area contributed by atoms with Crippen LogP contribution in [0.25, 0.3) is 11.0 Å². The van der Waals surface area contributed by atoms with E-state index in [4.69, 9.17) is 0 Å². The molecule has 106 valence electrons. The number of rotatable bonds is 5. The highest BCUT2D eigenvalue weighted by Crippen LogP contribution is 2.14. The molecular formula is C17H15BrN2O. The van der Waals surface area contributed by atoms with Crippen molar-refractivity contribution in [2.24, 2.45) is 0 Å². The number of hydrogen-bond acceptors (Lipinski definition) is 2. The lowest BCUT2D eigenvalue weighted by atomic mass is 10.1. The zero-order chi connectivity index (χ0) is 14.7. The summed E-state index contributed by atoms with van der Waals surface area (Å²) in [4.78, 5) is 16.4. The number of imidazole rings is 1. The Bertz CT molecular complexity index is 762. The van der Waals surface area contributed by atoms with Crippen LogP contribution in [-0.4, -0.2) is 15.3 Å². The maximum atomic E-state index is 12.1. The average molecular weight is 343 g/mol. The molecule has 0 atom stereocenters. The molecule has 0 aliphatic carbocycles. The molecule has 0 radical (unpaired) electrons. The van der Waals surface area contributed by atoms with Gasteiger partial charge in [0.1, 0.15) is 0 Å². The van der Waals surface area contributed by atoms with Gasteiger partial charge in [-0.3, -0.25) is 4.79 Å². The summed E-state index contributed by atoms with van der Waals surface area (Å²) in [6.07, 6.45) is 3.06. The zero-order valence-electron chi connectivity index (χ0n) is 11.5. The van der Waals surface area contributed by atoms with Crippen molar-refractivity contribution in [3.8, 4) is 0 Å². The molecule has 3 rings (SSSR count). The first-order valence-corrected chi connectivity index (χ1v) is 7.68. The molecule has 3 nitrogen and oxygen atoms in total. The Labute approximate surface area is 131 Å². The molecule has 0 spiro atoms. The molecule has 3 aromatic rings. The van der Waals surface area contributed by atoms with Crippen molar-refractivity contribution in [3.63, 3.8) is 0 Å². The number of aryl methyl sites for hydroxylation is 1. The standard InChI is InChI=1S/C17H15BrN2O/c18-14-8-5-13(6-9-14)7-10-15(21)11-20-12-19-16-3-1-2-4-17(16)20/h1-6,8-9,12H,7,10-11H2. The van der Waals surface area contributed by atoms with E-state index in [2.05, 4.69) is 20.9 Å². The lowest BCUT2D eigenvalue weighted by Crippen LogP contribution is -2.10. The molecule has 0 aliphatic rings. The molecule has 1 aromatic heterocycles. The first-order chi connectivity index (χ1) is 10.2. The van der Waals surface area contributed by atoms with E-state index in [1.807, 2.05) is 53.1 Å². The van der Waals surface area contributed by atoms with Crippen molar-refractivity contribution >= 4 is 32.7 Å². The number of hydrogen-bond donors (Lipinski definition) is 0. The summed E-state index contributed by atoms with van der Waals surface area (Å²) < 4.78 is 2.97. The fraction of sp³-hybridized carbons (Fsp3) is 0.176. The van der Waals surface area contributed by atoms with Gasteiger partial charge in [0.05, 0.1) is 23.9 Å². The summed E-state index contributed by atoms with van der Waals surface area (Å²) in [5.41, 5.74) is 3.12. The van der Waals surface area contributed by atoms with Crippen LogP contribution in [0.2, 0.25) is 0 Å². The van der Waals surface area contributed by atoms with Crippen molar-refractivity contribution < 1.29 is 4.79 Å². The Kier molecular flexibility index (Phi) is 4.15. The van der Waals surface area contributed by atoms with Gasteiger partial charge in [0.15, 0.2) is 5.78 Å². The molecule has 0 amide bonds. The van der Waals surface area contributed by atoms with E-state index in [1.165, 1.54) is 5.56 Å². The smallest absolute Gasteiger partial charge is 0.152 e. The second-order valence-corrected chi connectivity index (χ2v) is 5.94. The lowest BCUT2D eigenvalue weighted by molar-refractivity contribution is -0.119. The van der Waals surface area contributed by atoms with E-state index in [-0.39, 0.29) is 5.78 Å². The van der Waals surface area contributed by atoms with Crippen LogP contribution in [0.1, 0.15) is 12.0 Å². The highest BCUT2D eigenvalue weighted by molar-refractivity contribution is 9.10. The maximum Gasteiger partial charge on any atom is 0.152 e. The SMILES string of the molecule is O=C(CCc1ccc(Br)cc1)Cn1cnc2ccccc21. The van der Waals surface area contributed by atoms with Crippen LogP contribution in [0.15, 0.2) is 59.3 Å². The predicted octanol–water partition coefficient (Wildman–Crippen LogP) is 4.00. The Morgan fingerprint density at radius 2 is 1.86 bits per heavy atom. The van der Waals surface area contributed by atoms with Gasteiger partial charge in [0.2, 0.25) is 0 Å². The summed E-state index contributed by atoms with van der Waals surface area (Å²) in [5, 5.41) is 0. The van der Waals surface area contributed by atoms with Crippen LogP contribution in [0.4, 0.5) is 0 Å². The molecule has 2 aromatic carbocycles. The van der Waals surface area contributed by atoms with E-state index < -0.39 is 0 Å². The maximum absolute atomic E-state index is 12.1. The number of para-hydroxylation sites is 2. The first-order valence-electron chi connectivity index (χ1n) is 6.88. The van der Waals surface area contributed by atoms with Crippen LogP contribution in [-0.2, 0) is 17.8 Å². The van der Waals surface area contributed by atoms with Gasteiger partial charge < -0.3 is 4.57 Å². The summed E-state index contributed by atoms with van der Waals surface area (Å²) in [6, 6.07) is 16.0. The van der Waals surface area contributed by atoms with Crippen molar-refractivity contribution in [3.05, 3.63) is 64.9 Å². The highest BCUT2D eigenvalue weighted by Gasteiger charge is 2.07. The second-order valence-electron chi connectivity index (χ2n) is 5.03. The summed E-state index contributed by atoms with van der Waals surface area (Å²) >= 11 is 3.41. The fourth-order valence-electron chi connectivity index (χ4n) is 2.34. The van der Waals surface area contributed by atoms with Crippen LogP contribution in [0.5, 0.6) is 0 Å². The number of ketones is 1. The van der Waals surface area contributed by atoms with Crippen molar-refractivity contribution in [2.75, 3.05) is 0 Å². The lowest BCUT2D eigenvalue weighted by Gasteiger charge is -2.04. The van der Waals surface area contributed by atoms with Crippen LogP contribution in [0.3, 0.4) is 0 Å². The number of nitrogens with zero attached hydrogens (tertiary/aromatic N) is 2. The Morgan fingerprint density at radius 1 is 1.10 bits per heavy atom. The molecule has 0 unspecified atom stereocenters. The normalized spacial score (nSPS) is 10.9. The number of aromatic nitrogens is 2. The average Bonchev–Trinajstić information content (AvgIpc) is 2.90. The number of carbonyl (C=O) groups is 1. The second kappa shape index (κ2) is 6.22. The molecule has 0 N–H and O–H groups in total. The van der Waals surface area contributed by atoms with Crippen LogP contribution in [0, 0.1) is 0 Å². The van der Waals surface area contributed by atoms with Gasteiger partial charge in [0, 0.05) is 10.9 Å². The third kappa shape index (κ3) is 3.39. The van der Waals surface area contributed by atoms with Gasteiger partial charge in [-0.2, -0.15) is 0 Å². The highest BCUT2D eigenvalue weighted by atomic mass is 79.9. The van der Waals surface area contributed by atoms with E-state index in [0.717, 1.165) is 21.9 Å². The third-order valence-electron chi connectivity index (χ3n) is 3.48. The predicted molar refractivity (Wildman–Crippen MR) is 87.2 cm³/mol. The van der Waals surface area contributed by atoms with Crippen LogP contribution < -0.4 is 0 Å². The molecule has 0 aliphatic heterocycles. The minimum Gasteiger partial charge on any atom is -0.323 e. The zero-order valence-corrected chi connectivity index (χ0v) is 13.1. The molecule has 0 saturated heterocycles. The monoisotopic (exact) mass is 342 g/mol. The van der Waals surface area contributed by atoms with Gasteiger partial charge in [-0.15, -0.1) is 0 Å². The summed E-state index contributed by atoms with van der Waals surface area (Å²) in [6.45, 7) is 0.386. The molecule has 21 heavy (non-hydrogen) atoms. The number of carbonyl (C=O) groups excluding carboxylic acids is 1. The Morgan fingerprint density at radius 3 is 2.67 bits per heavy atom. The number of fused-ring (bicyclic) bond motifs is 1.